The number of hydrogen-bond acceptors (Lipinski definition) is 5. The lowest BCUT2D eigenvalue weighted by Crippen LogP contribution is -2.38. The predicted octanol–water partition coefficient (Wildman–Crippen LogP) is 3.22. The highest BCUT2D eigenvalue weighted by molar-refractivity contribution is 5.97. The lowest BCUT2D eigenvalue weighted by molar-refractivity contribution is 0.0712. The van der Waals surface area contributed by atoms with Crippen molar-refractivity contribution in [3.8, 4) is 0 Å². The van der Waals surface area contributed by atoms with Crippen molar-refractivity contribution >= 4 is 23.3 Å². The third-order valence-electron chi connectivity index (χ3n) is 5.60. The summed E-state index contributed by atoms with van der Waals surface area (Å²) in [4.78, 5) is 31.5. The highest BCUT2D eigenvalue weighted by Gasteiger charge is 2.25. The molecule has 3 rings (SSSR count). The zero-order valence-corrected chi connectivity index (χ0v) is 18.4. The molecule has 3 N–H and O–H groups in total. The summed E-state index contributed by atoms with van der Waals surface area (Å²) in [7, 11) is 3.46. The lowest BCUT2D eigenvalue weighted by atomic mass is 9.92. The van der Waals surface area contributed by atoms with E-state index in [9.17, 15) is 9.59 Å². The molecule has 8 nitrogen and oxygen atoms in total. The first-order chi connectivity index (χ1) is 15.0. The van der Waals surface area contributed by atoms with Crippen molar-refractivity contribution in [2.45, 2.75) is 25.7 Å². The summed E-state index contributed by atoms with van der Waals surface area (Å²) in [6, 6.07) is 9.20. The quantitative estimate of drug-likeness (QED) is 0.592. The second kappa shape index (κ2) is 10.8. The molecule has 0 spiro atoms. The summed E-state index contributed by atoms with van der Waals surface area (Å²) in [6.07, 6.45) is 3.62. The van der Waals surface area contributed by atoms with Crippen LogP contribution < -0.4 is 16.0 Å². The van der Waals surface area contributed by atoms with Gasteiger partial charge in [-0.2, -0.15) is 0 Å². The maximum Gasteiger partial charge on any atom is 0.319 e. The van der Waals surface area contributed by atoms with Crippen LogP contribution in [0.1, 0.15) is 40.4 Å². The van der Waals surface area contributed by atoms with Crippen molar-refractivity contribution < 1.29 is 14.3 Å². The van der Waals surface area contributed by atoms with Crippen LogP contribution in [-0.2, 0) is 4.74 Å². The van der Waals surface area contributed by atoms with Crippen LogP contribution in [0, 0.1) is 6.92 Å². The molecule has 1 aliphatic heterocycles. The van der Waals surface area contributed by atoms with Crippen LogP contribution >= 0.6 is 0 Å². The summed E-state index contributed by atoms with van der Waals surface area (Å²) in [5, 5.41) is 8.61. The Balaban J connectivity index is 1.59. The summed E-state index contributed by atoms with van der Waals surface area (Å²) in [6.45, 7) is 4.13. The lowest BCUT2D eigenvalue weighted by Gasteiger charge is -2.32. The summed E-state index contributed by atoms with van der Waals surface area (Å²) < 4.78 is 4.93. The molecule has 1 saturated heterocycles. The van der Waals surface area contributed by atoms with Crippen LogP contribution in [0.3, 0.4) is 0 Å². The number of methoxy groups -OCH3 is 1. The summed E-state index contributed by atoms with van der Waals surface area (Å²) in [5.74, 6) is 0.348. The predicted molar refractivity (Wildman–Crippen MR) is 122 cm³/mol. The van der Waals surface area contributed by atoms with Crippen LogP contribution in [0.4, 0.5) is 16.2 Å². The number of pyridine rings is 1. The van der Waals surface area contributed by atoms with Gasteiger partial charge in [-0.25, -0.2) is 4.79 Å². The van der Waals surface area contributed by atoms with Gasteiger partial charge in [-0.05, 0) is 49.6 Å². The van der Waals surface area contributed by atoms with Gasteiger partial charge in [-0.15, -0.1) is 0 Å². The maximum absolute atomic E-state index is 13.0. The van der Waals surface area contributed by atoms with Crippen LogP contribution in [0.15, 0.2) is 36.5 Å². The fraction of sp³-hybridized carbons (Fsp3) is 0.435. The molecule has 1 aromatic heterocycles. The van der Waals surface area contributed by atoms with Crippen LogP contribution in [0.25, 0.3) is 0 Å². The molecule has 1 aromatic carbocycles. The molecule has 1 fully saturated rings. The molecular formula is C23H31N5O3. The fourth-order valence-electron chi connectivity index (χ4n) is 3.68. The van der Waals surface area contributed by atoms with E-state index >= 15 is 0 Å². The standard InChI is InChI=1S/C23H31N5O3/c1-16-4-5-18(14-21(16)27-23(30)25-10-13-31-3)22(29)28-11-8-17(9-12-28)20-7-6-19(24-2)15-26-20/h4-7,14-15,17,24H,8-13H2,1-3H3,(H2,25,27,30). The molecule has 3 amide bonds. The van der Waals surface area contributed by atoms with Crippen molar-refractivity contribution in [1.82, 2.24) is 15.2 Å². The van der Waals surface area contributed by atoms with E-state index in [0.29, 0.717) is 43.4 Å². The van der Waals surface area contributed by atoms with E-state index in [2.05, 4.69) is 27.0 Å². The number of urea groups is 1. The fourth-order valence-corrected chi connectivity index (χ4v) is 3.68. The van der Waals surface area contributed by atoms with Gasteiger partial charge in [-0.1, -0.05) is 6.07 Å². The van der Waals surface area contributed by atoms with E-state index in [1.165, 1.54) is 0 Å². The number of carbonyl (C=O) groups is 2. The van der Waals surface area contributed by atoms with Gasteiger partial charge in [0.25, 0.3) is 5.91 Å². The maximum atomic E-state index is 13.0. The first kappa shape index (κ1) is 22.6. The Kier molecular flexibility index (Phi) is 7.83. The number of rotatable bonds is 7. The van der Waals surface area contributed by atoms with Gasteiger partial charge >= 0.3 is 6.03 Å². The number of likely N-dealkylation sites (tertiary alicyclic amines) is 1. The minimum Gasteiger partial charge on any atom is -0.387 e. The summed E-state index contributed by atoms with van der Waals surface area (Å²) in [5.41, 5.74) is 4.17. The van der Waals surface area contributed by atoms with Crippen molar-refractivity contribution in [1.29, 1.82) is 0 Å². The minimum absolute atomic E-state index is 0.0141. The zero-order chi connectivity index (χ0) is 22.2. The van der Waals surface area contributed by atoms with E-state index in [1.807, 2.05) is 43.3 Å². The number of carbonyl (C=O) groups excluding carboxylic acids is 2. The Morgan fingerprint density at radius 1 is 1.19 bits per heavy atom. The third-order valence-corrected chi connectivity index (χ3v) is 5.60. The Hall–Kier alpha value is -3.13. The number of anilines is 2. The SMILES string of the molecule is CNc1ccc(C2CCN(C(=O)c3ccc(C)c(NC(=O)NCCOC)c3)CC2)nc1. The number of ether oxygens (including phenoxy) is 1. The Morgan fingerprint density at radius 2 is 1.97 bits per heavy atom. The van der Waals surface area contributed by atoms with Crippen molar-refractivity contribution in [3.63, 3.8) is 0 Å². The van der Waals surface area contributed by atoms with Crippen molar-refractivity contribution in [2.24, 2.45) is 0 Å². The highest BCUT2D eigenvalue weighted by Crippen LogP contribution is 2.28. The molecule has 0 saturated carbocycles. The van der Waals surface area contributed by atoms with Gasteiger partial charge in [0.05, 0.1) is 18.5 Å². The second-order valence-electron chi connectivity index (χ2n) is 7.69. The second-order valence-corrected chi connectivity index (χ2v) is 7.69. The monoisotopic (exact) mass is 425 g/mol. The average molecular weight is 426 g/mol. The number of piperidine rings is 1. The number of nitrogens with zero attached hydrogens (tertiary/aromatic N) is 2. The first-order valence-corrected chi connectivity index (χ1v) is 10.6. The van der Waals surface area contributed by atoms with E-state index in [1.54, 1.807) is 13.2 Å². The molecule has 2 heterocycles. The van der Waals surface area contributed by atoms with Crippen LogP contribution in [0.2, 0.25) is 0 Å². The molecule has 31 heavy (non-hydrogen) atoms. The Morgan fingerprint density at radius 3 is 2.61 bits per heavy atom. The number of hydrogen-bond donors (Lipinski definition) is 3. The van der Waals surface area contributed by atoms with Gasteiger partial charge in [0.2, 0.25) is 0 Å². The van der Waals surface area contributed by atoms with Gasteiger partial charge in [0, 0.05) is 56.7 Å². The molecule has 0 unspecified atom stereocenters. The minimum atomic E-state index is -0.317. The van der Waals surface area contributed by atoms with Crippen molar-refractivity contribution in [3.05, 3.63) is 53.3 Å². The van der Waals surface area contributed by atoms with Gasteiger partial charge in [0.1, 0.15) is 0 Å². The number of aromatic nitrogens is 1. The summed E-state index contributed by atoms with van der Waals surface area (Å²) >= 11 is 0. The molecule has 8 heteroatoms. The molecule has 2 aromatic rings. The third kappa shape index (κ3) is 5.95. The number of aryl methyl sites for hydroxylation is 1. The molecule has 1 aliphatic rings. The van der Waals surface area contributed by atoms with Gasteiger partial charge < -0.3 is 25.6 Å². The Labute approximate surface area is 183 Å². The van der Waals surface area contributed by atoms with E-state index in [-0.39, 0.29) is 11.9 Å². The van der Waals surface area contributed by atoms with E-state index in [4.69, 9.17) is 4.74 Å². The Bertz CT molecular complexity index is 893. The van der Waals surface area contributed by atoms with Gasteiger partial charge in [-0.3, -0.25) is 9.78 Å². The largest absolute Gasteiger partial charge is 0.387 e. The van der Waals surface area contributed by atoms with Crippen molar-refractivity contribution in [2.75, 3.05) is 51.0 Å². The molecule has 0 aliphatic carbocycles. The molecule has 0 bridgehead atoms. The molecule has 0 atom stereocenters. The number of nitrogens with one attached hydrogen (secondary N) is 3. The van der Waals surface area contributed by atoms with Gasteiger partial charge in [0.15, 0.2) is 0 Å². The molecule has 0 radical (unpaired) electrons. The topological polar surface area (TPSA) is 95.6 Å². The van der Waals surface area contributed by atoms with E-state index < -0.39 is 0 Å². The average Bonchev–Trinajstić information content (AvgIpc) is 2.80. The molecular weight excluding hydrogens is 394 g/mol. The van der Waals surface area contributed by atoms with E-state index in [0.717, 1.165) is 29.8 Å². The zero-order valence-electron chi connectivity index (χ0n) is 18.4. The molecule has 166 valence electrons. The highest BCUT2D eigenvalue weighted by atomic mass is 16.5. The van der Waals surface area contributed by atoms with Crippen LogP contribution in [0.5, 0.6) is 0 Å². The normalized spacial score (nSPS) is 14.2. The smallest absolute Gasteiger partial charge is 0.319 e. The van der Waals surface area contributed by atoms with Crippen LogP contribution in [-0.4, -0.2) is 62.2 Å². The first-order valence-electron chi connectivity index (χ1n) is 10.6. The number of benzene rings is 1. The number of amides is 3.